The highest BCUT2D eigenvalue weighted by atomic mass is 16.5. The molecule has 0 radical (unpaired) electrons. The molecule has 0 saturated carbocycles. The molecule has 24 heavy (non-hydrogen) atoms. The molecule has 0 N–H and O–H groups in total. The fourth-order valence-corrected chi connectivity index (χ4v) is 3.93. The van der Waals surface area contributed by atoms with Crippen LogP contribution in [0.4, 0.5) is 0 Å². The summed E-state index contributed by atoms with van der Waals surface area (Å²) < 4.78 is 16.9. The van der Waals surface area contributed by atoms with Crippen molar-refractivity contribution in [3.63, 3.8) is 0 Å². The van der Waals surface area contributed by atoms with Crippen molar-refractivity contribution in [1.82, 2.24) is 4.90 Å². The smallest absolute Gasteiger partial charge is 0.253 e. The van der Waals surface area contributed by atoms with Crippen molar-refractivity contribution in [2.24, 2.45) is 0 Å². The topological polar surface area (TPSA) is 48.0 Å². The first-order valence-corrected chi connectivity index (χ1v) is 8.72. The van der Waals surface area contributed by atoms with Crippen LogP contribution >= 0.6 is 0 Å². The van der Waals surface area contributed by atoms with Crippen molar-refractivity contribution in [1.29, 1.82) is 0 Å². The fraction of sp³-hybridized carbons (Fsp3) is 0.632. The van der Waals surface area contributed by atoms with Gasteiger partial charge in [-0.2, -0.15) is 0 Å². The van der Waals surface area contributed by atoms with Gasteiger partial charge in [0.25, 0.3) is 5.91 Å². The first kappa shape index (κ1) is 17.4. The highest BCUT2D eigenvalue weighted by Gasteiger charge is 2.45. The average molecular weight is 333 g/mol. The van der Waals surface area contributed by atoms with E-state index < -0.39 is 0 Å². The Bertz CT molecular complexity index is 566. The van der Waals surface area contributed by atoms with E-state index in [4.69, 9.17) is 14.2 Å². The van der Waals surface area contributed by atoms with E-state index in [2.05, 4.69) is 0 Å². The number of methoxy groups -OCH3 is 2. The van der Waals surface area contributed by atoms with Crippen molar-refractivity contribution in [2.75, 3.05) is 33.9 Å². The van der Waals surface area contributed by atoms with E-state index in [-0.39, 0.29) is 17.6 Å². The number of carbonyl (C=O) groups excluding carboxylic acids is 1. The van der Waals surface area contributed by atoms with Gasteiger partial charge in [-0.1, -0.05) is 12.1 Å². The molecule has 2 aliphatic rings. The van der Waals surface area contributed by atoms with Crippen molar-refractivity contribution >= 4 is 5.91 Å². The normalized spacial score (nSPS) is 23.4. The Hall–Kier alpha value is -1.43. The Morgan fingerprint density at radius 3 is 2.83 bits per heavy atom. The molecule has 0 aromatic heterocycles. The summed E-state index contributed by atoms with van der Waals surface area (Å²) in [6.07, 6.45) is 3.93. The number of ether oxygens (including phenoxy) is 3. The minimum absolute atomic E-state index is 0.0904. The van der Waals surface area contributed by atoms with Gasteiger partial charge in [-0.25, -0.2) is 0 Å². The van der Waals surface area contributed by atoms with Gasteiger partial charge in [0.15, 0.2) is 0 Å². The summed E-state index contributed by atoms with van der Waals surface area (Å²) in [6.45, 7) is 2.75. The van der Waals surface area contributed by atoms with Crippen LogP contribution in [0.5, 0.6) is 0 Å². The van der Waals surface area contributed by atoms with Gasteiger partial charge in [0.2, 0.25) is 0 Å². The highest BCUT2D eigenvalue weighted by molar-refractivity contribution is 5.94. The highest BCUT2D eigenvalue weighted by Crippen LogP contribution is 2.37. The molecule has 5 heteroatoms. The summed E-state index contributed by atoms with van der Waals surface area (Å²) in [6, 6.07) is 7.69. The zero-order valence-corrected chi connectivity index (χ0v) is 14.6. The van der Waals surface area contributed by atoms with E-state index in [1.165, 1.54) is 0 Å². The van der Waals surface area contributed by atoms with Crippen LogP contribution in [0.15, 0.2) is 24.3 Å². The molecule has 5 nitrogen and oxygen atoms in total. The van der Waals surface area contributed by atoms with Crippen LogP contribution in [0, 0.1) is 0 Å². The fourth-order valence-electron chi connectivity index (χ4n) is 3.93. The predicted octanol–water partition coefficient (Wildman–Crippen LogP) is 2.63. The van der Waals surface area contributed by atoms with Crippen LogP contribution in [-0.4, -0.2) is 56.4 Å². The molecule has 1 aromatic rings. The van der Waals surface area contributed by atoms with Crippen molar-refractivity contribution < 1.29 is 19.0 Å². The van der Waals surface area contributed by atoms with Gasteiger partial charge < -0.3 is 19.1 Å². The molecular weight excluding hydrogens is 306 g/mol. The molecule has 1 atom stereocenters. The van der Waals surface area contributed by atoms with Crippen LogP contribution in [-0.2, 0) is 20.8 Å². The molecule has 132 valence electrons. The molecule has 2 saturated heterocycles. The first-order valence-electron chi connectivity index (χ1n) is 8.72. The molecule has 1 amide bonds. The van der Waals surface area contributed by atoms with Crippen LogP contribution in [0.1, 0.15) is 41.6 Å². The molecule has 0 unspecified atom stereocenters. The minimum atomic E-state index is -0.207. The molecule has 2 aliphatic heterocycles. The van der Waals surface area contributed by atoms with E-state index in [1.807, 2.05) is 29.2 Å². The van der Waals surface area contributed by atoms with Gasteiger partial charge in [-0.15, -0.1) is 0 Å². The van der Waals surface area contributed by atoms with Crippen LogP contribution < -0.4 is 0 Å². The Labute approximate surface area is 143 Å². The van der Waals surface area contributed by atoms with Gasteiger partial charge >= 0.3 is 0 Å². The monoisotopic (exact) mass is 333 g/mol. The zero-order chi connectivity index (χ0) is 17.0. The summed E-state index contributed by atoms with van der Waals surface area (Å²) in [5, 5.41) is 0. The summed E-state index contributed by atoms with van der Waals surface area (Å²) in [5.74, 6) is 0.0904. The van der Waals surface area contributed by atoms with Gasteiger partial charge in [-0.3, -0.25) is 4.79 Å². The third-order valence-corrected chi connectivity index (χ3v) is 5.25. The van der Waals surface area contributed by atoms with Crippen molar-refractivity contribution in [2.45, 2.75) is 44.0 Å². The number of benzene rings is 1. The molecule has 1 spiro atoms. The maximum atomic E-state index is 12.8. The lowest BCUT2D eigenvalue weighted by Crippen LogP contribution is -2.56. The maximum absolute atomic E-state index is 12.8. The van der Waals surface area contributed by atoms with Gasteiger partial charge in [0.1, 0.15) is 0 Å². The lowest BCUT2D eigenvalue weighted by atomic mass is 9.81. The van der Waals surface area contributed by atoms with Gasteiger partial charge in [0.05, 0.1) is 18.3 Å². The second-order valence-electron chi connectivity index (χ2n) is 6.71. The largest absolute Gasteiger partial charge is 0.380 e. The third-order valence-electron chi connectivity index (χ3n) is 5.25. The lowest BCUT2D eigenvalue weighted by molar-refractivity contribution is -0.183. The van der Waals surface area contributed by atoms with E-state index >= 15 is 0 Å². The molecule has 2 heterocycles. The van der Waals surface area contributed by atoms with Crippen LogP contribution in [0.2, 0.25) is 0 Å². The number of piperidine rings is 1. The Kier molecular flexibility index (Phi) is 5.54. The number of amides is 1. The number of nitrogens with zero attached hydrogens (tertiary/aromatic N) is 1. The molecule has 0 bridgehead atoms. The maximum Gasteiger partial charge on any atom is 0.253 e. The molecular formula is C19H27NO4. The van der Waals surface area contributed by atoms with Crippen LogP contribution in [0.25, 0.3) is 0 Å². The van der Waals surface area contributed by atoms with E-state index in [0.717, 1.165) is 43.4 Å². The first-order chi connectivity index (χ1) is 11.7. The van der Waals surface area contributed by atoms with Gasteiger partial charge in [0, 0.05) is 39.5 Å². The average Bonchev–Trinajstić information content (AvgIpc) is 2.63. The second kappa shape index (κ2) is 7.64. The molecule has 0 aliphatic carbocycles. The Morgan fingerprint density at radius 2 is 2.12 bits per heavy atom. The predicted molar refractivity (Wildman–Crippen MR) is 91.0 cm³/mol. The SMILES string of the molecule is COCc1cccc(C(=O)N2CCC3(CC2)OCCC[C@H]3OC)c1. The van der Waals surface area contributed by atoms with Gasteiger partial charge in [-0.05, 0) is 43.4 Å². The van der Waals surface area contributed by atoms with Crippen LogP contribution in [0.3, 0.4) is 0 Å². The number of carbonyl (C=O) groups is 1. The number of rotatable bonds is 4. The van der Waals surface area contributed by atoms with E-state index in [1.54, 1.807) is 14.2 Å². The summed E-state index contributed by atoms with van der Waals surface area (Å²) >= 11 is 0. The summed E-state index contributed by atoms with van der Waals surface area (Å²) in [7, 11) is 3.43. The van der Waals surface area contributed by atoms with Crippen molar-refractivity contribution in [3.05, 3.63) is 35.4 Å². The molecule has 3 rings (SSSR count). The van der Waals surface area contributed by atoms with E-state index in [0.29, 0.717) is 19.7 Å². The quantitative estimate of drug-likeness (QED) is 0.850. The molecule has 2 fully saturated rings. The Morgan fingerprint density at radius 1 is 1.33 bits per heavy atom. The molecule has 1 aromatic carbocycles. The third kappa shape index (κ3) is 3.48. The zero-order valence-electron chi connectivity index (χ0n) is 14.6. The summed E-state index contributed by atoms with van der Waals surface area (Å²) in [4.78, 5) is 14.7. The Balaban J connectivity index is 1.65. The number of hydrogen-bond acceptors (Lipinski definition) is 4. The standard InChI is InChI=1S/C19H27NO4/c1-22-14-15-5-3-6-16(13-15)18(21)20-10-8-19(9-11-20)17(23-2)7-4-12-24-19/h3,5-6,13,17H,4,7-12,14H2,1-2H3/t17-/m1/s1. The second-order valence-corrected chi connectivity index (χ2v) is 6.71. The minimum Gasteiger partial charge on any atom is -0.380 e. The van der Waals surface area contributed by atoms with E-state index in [9.17, 15) is 4.79 Å². The van der Waals surface area contributed by atoms with Crippen molar-refractivity contribution in [3.8, 4) is 0 Å². The number of hydrogen-bond donors (Lipinski definition) is 0. The summed E-state index contributed by atoms with van der Waals surface area (Å²) in [5.41, 5.74) is 1.54. The lowest BCUT2D eigenvalue weighted by Gasteiger charge is -2.48. The number of likely N-dealkylation sites (tertiary alicyclic amines) is 1.